The van der Waals surface area contributed by atoms with E-state index in [1.54, 1.807) is 30.3 Å². The third kappa shape index (κ3) is 2.33. The van der Waals surface area contributed by atoms with E-state index >= 15 is 0 Å². The average Bonchev–Trinajstić information content (AvgIpc) is 2.38. The lowest BCUT2D eigenvalue weighted by atomic mass is 9.97. The molecule has 1 atom stereocenters. The lowest BCUT2D eigenvalue weighted by Crippen LogP contribution is -2.06. The van der Waals surface area contributed by atoms with Crippen molar-refractivity contribution in [1.29, 1.82) is 0 Å². The van der Waals surface area contributed by atoms with Gasteiger partial charge in [-0.05, 0) is 28.7 Å². The van der Waals surface area contributed by atoms with Crippen LogP contribution in [0.3, 0.4) is 0 Å². The summed E-state index contributed by atoms with van der Waals surface area (Å²) in [7, 11) is -2.49. The minimum absolute atomic E-state index is 0.287. The summed E-state index contributed by atoms with van der Waals surface area (Å²) in [6, 6.07) is 11.5. The highest BCUT2D eigenvalue weighted by Crippen LogP contribution is 2.30. The molecule has 2 aromatic rings. The van der Waals surface area contributed by atoms with Gasteiger partial charge in [-0.3, -0.25) is 0 Å². The molecule has 0 aliphatic carbocycles. The summed E-state index contributed by atoms with van der Waals surface area (Å²) in [5.41, 5.74) is 1.79. The standard InChI is InChI=1S/C14H12FO2P/c1-2-10-6-5-9-13(18(16)17)14(10)11-7-3-4-8-12(11)15/h3-9H,2H2,1H3/p+1. The molecule has 1 N–H and O–H groups in total. The first-order valence-corrected chi connectivity index (χ1v) is 6.89. The van der Waals surface area contributed by atoms with Crippen LogP contribution in [0.15, 0.2) is 42.5 Å². The fourth-order valence-corrected chi connectivity index (χ4v) is 2.68. The monoisotopic (exact) mass is 263 g/mol. The van der Waals surface area contributed by atoms with Gasteiger partial charge in [0.05, 0.1) is 0 Å². The van der Waals surface area contributed by atoms with Crippen LogP contribution >= 0.6 is 8.03 Å². The van der Waals surface area contributed by atoms with Crippen molar-refractivity contribution >= 4 is 13.3 Å². The van der Waals surface area contributed by atoms with Crippen LogP contribution in [-0.4, -0.2) is 4.89 Å². The summed E-state index contributed by atoms with van der Waals surface area (Å²) < 4.78 is 25.3. The highest BCUT2D eigenvalue weighted by Gasteiger charge is 2.25. The van der Waals surface area contributed by atoms with Crippen LogP contribution in [0, 0.1) is 5.82 Å². The molecule has 0 aromatic heterocycles. The van der Waals surface area contributed by atoms with Gasteiger partial charge < -0.3 is 0 Å². The molecule has 2 rings (SSSR count). The van der Waals surface area contributed by atoms with Crippen molar-refractivity contribution in [3.63, 3.8) is 0 Å². The third-order valence-electron chi connectivity index (χ3n) is 2.86. The molecule has 0 heterocycles. The molecule has 0 radical (unpaired) electrons. The Morgan fingerprint density at radius 3 is 2.50 bits per heavy atom. The molecular weight excluding hydrogens is 250 g/mol. The molecule has 0 aliphatic heterocycles. The molecule has 18 heavy (non-hydrogen) atoms. The fraction of sp³-hybridized carbons (Fsp3) is 0.143. The lowest BCUT2D eigenvalue weighted by Gasteiger charge is -2.08. The van der Waals surface area contributed by atoms with Crippen LogP contribution in [0.25, 0.3) is 11.1 Å². The predicted octanol–water partition coefficient (Wildman–Crippen LogP) is 3.42. The van der Waals surface area contributed by atoms with Crippen LogP contribution in [0.4, 0.5) is 4.39 Å². The van der Waals surface area contributed by atoms with Crippen LogP contribution in [0.5, 0.6) is 0 Å². The van der Waals surface area contributed by atoms with Crippen molar-refractivity contribution in [2.24, 2.45) is 0 Å². The Morgan fingerprint density at radius 2 is 1.89 bits per heavy atom. The molecule has 2 nitrogen and oxygen atoms in total. The Labute approximate surface area is 106 Å². The second kappa shape index (κ2) is 5.38. The van der Waals surface area contributed by atoms with Gasteiger partial charge in [0.1, 0.15) is 5.82 Å². The number of rotatable bonds is 3. The van der Waals surface area contributed by atoms with Crippen LogP contribution in [0.2, 0.25) is 0 Å². The molecule has 1 unspecified atom stereocenters. The van der Waals surface area contributed by atoms with E-state index in [9.17, 15) is 13.8 Å². The molecule has 0 saturated heterocycles. The highest BCUT2D eigenvalue weighted by atomic mass is 31.1. The molecular formula is C14H13FO2P+. The van der Waals surface area contributed by atoms with E-state index in [0.29, 0.717) is 17.5 Å². The van der Waals surface area contributed by atoms with Crippen molar-refractivity contribution in [2.45, 2.75) is 13.3 Å². The molecule has 92 valence electrons. The average molecular weight is 263 g/mol. The minimum atomic E-state index is -2.49. The van der Waals surface area contributed by atoms with Gasteiger partial charge in [-0.2, -0.15) is 4.89 Å². The Kier molecular flexibility index (Phi) is 3.85. The van der Waals surface area contributed by atoms with Gasteiger partial charge in [0, 0.05) is 11.1 Å². The first-order valence-electron chi connectivity index (χ1n) is 5.68. The normalized spacial score (nSPS) is 11.4. The van der Waals surface area contributed by atoms with Crippen molar-refractivity contribution in [2.75, 3.05) is 0 Å². The van der Waals surface area contributed by atoms with E-state index in [2.05, 4.69) is 0 Å². The van der Waals surface area contributed by atoms with Crippen LogP contribution < -0.4 is 5.30 Å². The molecule has 0 fully saturated rings. The van der Waals surface area contributed by atoms with E-state index in [-0.39, 0.29) is 11.1 Å². The second-order valence-electron chi connectivity index (χ2n) is 3.92. The highest BCUT2D eigenvalue weighted by molar-refractivity contribution is 7.47. The topological polar surface area (TPSA) is 37.3 Å². The Bertz CT molecular complexity index is 596. The van der Waals surface area contributed by atoms with E-state index in [4.69, 9.17) is 0 Å². The van der Waals surface area contributed by atoms with Gasteiger partial charge >= 0.3 is 8.03 Å². The minimum Gasteiger partial charge on any atom is -0.206 e. The van der Waals surface area contributed by atoms with Crippen molar-refractivity contribution in [3.8, 4) is 11.1 Å². The molecule has 0 amide bonds. The SMILES string of the molecule is CCc1cccc([P+](=O)O)c1-c1ccccc1F. The number of aryl methyl sites for hydroxylation is 1. The number of halogens is 1. The molecule has 0 aliphatic rings. The summed E-state index contributed by atoms with van der Waals surface area (Å²) in [4.78, 5) is 9.36. The van der Waals surface area contributed by atoms with Gasteiger partial charge in [-0.25, -0.2) is 4.39 Å². The molecule has 0 saturated carbocycles. The van der Waals surface area contributed by atoms with Gasteiger partial charge in [-0.1, -0.05) is 37.3 Å². The Morgan fingerprint density at radius 1 is 1.17 bits per heavy atom. The summed E-state index contributed by atoms with van der Waals surface area (Å²) >= 11 is 0. The summed E-state index contributed by atoms with van der Waals surface area (Å²) in [5.74, 6) is -0.378. The van der Waals surface area contributed by atoms with Crippen molar-refractivity contribution in [1.82, 2.24) is 0 Å². The number of hydrogen-bond acceptors (Lipinski definition) is 1. The lowest BCUT2D eigenvalue weighted by molar-refractivity contribution is 0.513. The maximum atomic E-state index is 13.9. The predicted molar refractivity (Wildman–Crippen MR) is 70.7 cm³/mol. The van der Waals surface area contributed by atoms with E-state index in [1.165, 1.54) is 6.07 Å². The Hall–Kier alpha value is -1.57. The first kappa shape index (κ1) is 12.9. The number of hydrogen-bond donors (Lipinski definition) is 1. The van der Waals surface area contributed by atoms with Crippen molar-refractivity contribution < 1.29 is 13.8 Å². The number of benzene rings is 2. The quantitative estimate of drug-likeness (QED) is 0.861. The zero-order chi connectivity index (χ0) is 13.1. The van der Waals surface area contributed by atoms with E-state index < -0.39 is 8.03 Å². The van der Waals surface area contributed by atoms with E-state index in [0.717, 1.165) is 5.56 Å². The summed E-state index contributed by atoms with van der Waals surface area (Å²) in [5, 5.41) is 0.287. The summed E-state index contributed by atoms with van der Waals surface area (Å²) in [6.45, 7) is 1.94. The van der Waals surface area contributed by atoms with Crippen molar-refractivity contribution in [3.05, 3.63) is 53.8 Å². The maximum Gasteiger partial charge on any atom is 0.546 e. The molecule has 0 bridgehead atoms. The van der Waals surface area contributed by atoms with Gasteiger partial charge in [-0.15, -0.1) is 0 Å². The zero-order valence-corrected chi connectivity index (χ0v) is 10.8. The van der Waals surface area contributed by atoms with Crippen LogP contribution in [-0.2, 0) is 11.0 Å². The van der Waals surface area contributed by atoms with Gasteiger partial charge in [0.15, 0.2) is 0 Å². The molecule has 4 heteroatoms. The smallest absolute Gasteiger partial charge is 0.206 e. The van der Waals surface area contributed by atoms with Gasteiger partial charge in [0.25, 0.3) is 0 Å². The molecule has 0 spiro atoms. The first-order chi connectivity index (χ1) is 8.65. The second-order valence-corrected chi connectivity index (χ2v) is 4.95. The maximum absolute atomic E-state index is 13.9. The third-order valence-corrected chi connectivity index (χ3v) is 3.64. The van der Waals surface area contributed by atoms with E-state index in [1.807, 2.05) is 13.0 Å². The Balaban J connectivity index is 2.76. The largest absolute Gasteiger partial charge is 0.546 e. The molecule has 2 aromatic carbocycles. The summed E-state index contributed by atoms with van der Waals surface area (Å²) in [6.07, 6.45) is 0.681. The fourth-order valence-electron chi connectivity index (χ4n) is 2.02. The van der Waals surface area contributed by atoms with Gasteiger partial charge in [0.2, 0.25) is 5.30 Å². The van der Waals surface area contributed by atoms with Crippen LogP contribution in [0.1, 0.15) is 12.5 Å². The zero-order valence-electron chi connectivity index (χ0n) is 9.93.